The molecule has 1 N–H and O–H groups in total. The van der Waals surface area contributed by atoms with Crippen molar-refractivity contribution in [3.8, 4) is 5.75 Å². The molecule has 5 heteroatoms. The van der Waals surface area contributed by atoms with Crippen LogP contribution in [0.15, 0.2) is 48.5 Å². The number of hydrogen-bond acceptors (Lipinski definition) is 3. The molecule has 0 saturated heterocycles. The van der Waals surface area contributed by atoms with E-state index in [2.05, 4.69) is 5.32 Å². The highest BCUT2D eigenvalue weighted by Crippen LogP contribution is 2.19. The van der Waals surface area contributed by atoms with Crippen molar-refractivity contribution in [2.24, 2.45) is 0 Å². The molecule has 3 rings (SSSR count). The molecule has 0 spiro atoms. The Balaban J connectivity index is 1.70. The average Bonchev–Trinajstić information content (AvgIpc) is 3.24. The molecule has 0 heterocycles. The van der Waals surface area contributed by atoms with Crippen LogP contribution in [0.25, 0.3) is 0 Å². The molecule has 30 heavy (non-hydrogen) atoms. The normalized spacial score (nSPS) is 14.9. The van der Waals surface area contributed by atoms with Gasteiger partial charge in [-0.25, -0.2) is 0 Å². The fraction of sp³-hybridized carbons (Fsp3) is 0.440. The summed E-state index contributed by atoms with van der Waals surface area (Å²) < 4.78 is 5.71. The van der Waals surface area contributed by atoms with Gasteiger partial charge in [0.05, 0.1) is 0 Å². The van der Waals surface area contributed by atoms with Crippen molar-refractivity contribution in [3.63, 3.8) is 0 Å². The summed E-state index contributed by atoms with van der Waals surface area (Å²) in [6.45, 7) is 6.09. The quantitative estimate of drug-likeness (QED) is 0.714. The average molecular weight is 409 g/mol. The van der Waals surface area contributed by atoms with Gasteiger partial charge in [0.25, 0.3) is 5.91 Å². The number of aryl methyl sites for hydroxylation is 2. The van der Waals surface area contributed by atoms with E-state index in [0.717, 1.165) is 42.4 Å². The molecule has 2 aromatic rings. The summed E-state index contributed by atoms with van der Waals surface area (Å²) in [5, 5.41) is 3.12. The number of rotatable bonds is 8. The minimum Gasteiger partial charge on any atom is -0.484 e. The number of benzene rings is 2. The van der Waals surface area contributed by atoms with Gasteiger partial charge in [0.15, 0.2) is 6.61 Å². The zero-order valence-corrected chi connectivity index (χ0v) is 18.2. The van der Waals surface area contributed by atoms with Crippen molar-refractivity contribution in [3.05, 3.63) is 65.2 Å². The SMILES string of the molecule is Cc1ccc(OCC(=O)N(Cc2cccc(C)c2)C(C)C(=O)NC2CCCC2)cc1. The van der Waals surface area contributed by atoms with Crippen molar-refractivity contribution in [1.29, 1.82) is 0 Å². The first-order valence-corrected chi connectivity index (χ1v) is 10.8. The molecule has 1 aliphatic carbocycles. The number of nitrogens with one attached hydrogen (secondary N) is 1. The Kier molecular flexibility index (Phi) is 7.50. The van der Waals surface area contributed by atoms with E-state index in [1.165, 1.54) is 0 Å². The standard InChI is InChI=1S/C25H32N2O3/c1-18-11-13-23(14-12-18)30-17-24(28)27(16-21-8-6-7-19(2)15-21)20(3)25(29)26-22-9-4-5-10-22/h6-8,11-15,20,22H,4-5,9-10,16-17H2,1-3H3,(H,26,29). The lowest BCUT2D eigenvalue weighted by molar-refractivity contribution is -0.142. The zero-order valence-electron chi connectivity index (χ0n) is 18.2. The molecule has 0 bridgehead atoms. The molecule has 0 aliphatic heterocycles. The Labute approximate surface area is 179 Å². The largest absolute Gasteiger partial charge is 0.484 e. The summed E-state index contributed by atoms with van der Waals surface area (Å²) in [5.41, 5.74) is 3.25. The smallest absolute Gasteiger partial charge is 0.261 e. The maximum atomic E-state index is 13.1. The Hall–Kier alpha value is -2.82. The summed E-state index contributed by atoms with van der Waals surface area (Å²) in [7, 11) is 0. The highest BCUT2D eigenvalue weighted by molar-refractivity contribution is 5.88. The molecular formula is C25H32N2O3. The van der Waals surface area contributed by atoms with E-state index in [1.54, 1.807) is 11.8 Å². The summed E-state index contributed by atoms with van der Waals surface area (Å²) in [6, 6.07) is 15.3. The first kappa shape index (κ1) is 21.9. The van der Waals surface area contributed by atoms with E-state index >= 15 is 0 Å². The predicted molar refractivity (Wildman–Crippen MR) is 118 cm³/mol. The first-order valence-electron chi connectivity index (χ1n) is 10.8. The van der Waals surface area contributed by atoms with Gasteiger partial charge in [-0.05, 0) is 51.3 Å². The number of hydrogen-bond donors (Lipinski definition) is 1. The van der Waals surface area contributed by atoms with Crippen LogP contribution in [0.4, 0.5) is 0 Å². The molecule has 1 saturated carbocycles. The fourth-order valence-electron chi connectivity index (χ4n) is 3.84. The number of amides is 2. The summed E-state index contributed by atoms with van der Waals surface area (Å²) in [5.74, 6) is 0.344. The van der Waals surface area contributed by atoms with Gasteiger partial charge < -0.3 is 15.0 Å². The highest BCUT2D eigenvalue weighted by Gasteiger charge is 2.28. The van der Waals surface area contributed by atoms with Crippen molar-refractivity contribution in [2.75, 3.05) is 6.61 Å². The van der Waals surface area contributed by atoms with Crippen LogP contribution in [0.1, 0.15) is 49.3 Å². The van der Waals surface area contributed by atoms with E-state index < -0.39 is 6.04 Å². The van der Waals surface area contributed by atoms with Crippen LogP contribution in [0, 0.1) is 13.8 Å². The first-order chi connectivity index (χ1) is 14.4. The third-order valence-electron chi connectivity index (χ3n) is 5.69. The second kappa shape index (κ2) is 10.3. The molecule has 1 fully saturated rings. The van der Waals surface area contributed by atoms with Gasteiger partial charge in [-0.2, -0.15) is 0 Å². The number of carbonyl (C=O) groups excluding carboxylic acids is 2. The fourth-order valence-corrected chi connectivity index (χ4v) is 3.84. The van der Waals surface area contributed by atoms with E-state index in [4.69, 9.17) is 4.74 Å². The third-order valence-corrected chi connectivity index (χ3v) is 5.69. The monoisotopic (exact) mass is 408 g/mol. The predicted octanol–water partition coefficient (Wildman–Crippen LogP) is 4.16. The van der Waals surface area contributed by atoms with E-state index in [9.17, 15) is 9.59 Å². The van der Waals surface area contributed by atoms with Gasteiger partial charge in [-0.3, -0.25) is 9.59 Å². The second-order valence-corrected chi connectivity index (χ2v) is 8.28. The van der Waals surface area contributed by atoms with Gasteiger partial charge >= 0.3 is 0 Å². The zero-order chi connectivity index (χ0) is 21.5. The van der Waals surface area contributed by atoms with Crippen LogP contribution in [-0.2, 0) is 16.1 Å². The Morgan fingerprint density at radius 1 is 1.07 bits per heavy atom. The molecule has 160 valence electrons. The minimum atomic E-state index is -0.569. The number of carbonyl (C=O) groups is 2. The lowest BCUT2D eigenvalue weighted by Gasteiger charge is -2.29. The summed E-state index contributed by atoms with van der Waals surface area (Å²) >= 11 is 0. The molecule has 1 unspecified atom stereocenters. The third kappa shape index (κ3) is 6.09. The van der Waals surface area contributed by atoms with Crippen LogP contribution < -0.4 is 10.1 Å². The van der Waals surface area contributed by atoms with Crippen LogP contribution in [-0.4, -0.2) is 35.4 Å². The molecule has 1 aliphatic rings. The lowest BCUT2D eigenvalue weighted by atomic mass is 10.1. The molecule has 1 atom stereocenters. The maximum absolute atomic E-state index is 13.1. The van der Waals surface area contributed by atoms with Crippen molar-refractivity contribution < 1.29 is 14.3 Å². The van der Waals surface area contributed by atoms with E-state index in [-0.39, 0.29) is 24.5 Å². The maximum Gasteiger partial charge on any atom is 0.261 e. The van der Waals surface area contributed by atoms with Gasteiger partial charge in [-0.15, -0.1) is 0 Å². The van der Waals surface area contributed by atoms with Crippen LogP contribution in [0.2, 0.25) is 0 Å². The van der Waals surface area contributed by atoms with Crippen molar-refractivity contribution in [2.45, 2.75) is 65.1 Å². The van der Waals surface area contributed by atoms with Gasteiger partial charge in [-0.1, -0.05) is 60.4 Å². The molecular weight excluding hydrogens is 376 g/mol. The lowest BCUT2D eigenvalue weighted by Crippen LogP contribution is -2.50. The minimum absolute atomic E-state index is 0.0989. The topological polar surface area (TPSA) is 58.6 Å². The van der Waals surface area contributed by atoms with Crippen molar-refractivity contribution in [1.82, 2.24) is 10.2 Å². The molecule has 0 radical (unpaired) electrons. The van der Waals surface area contributed by atoms with E-state index in [0.29, 0.717) is 12.3 Å². The van der Waals surface area contributed by atoms with Crippen molar-refractivity contribution >= 4 is 11.8 Å². The second-order valence-electron chi connectivity index (χ2n) is 8.28. The highest BCUT2D eigenvalue weighted by atomic mass is 16.5. The Bertz CT molecular complexity index is 857. The Morgan fingerprint density at radius 2 is 1.77 bits per heavy atom. The van der Waals surface area contributed by atoms with Gasteiger partial charge in [0, 0.05) is 12.6 Å². The Morgan fingerprint density at radius 3 is 2.43 bits per heavy atom. The van der Waals surface area contributed by atoms with Crippen LogP contribution in [0.3, 0.4) is 0 Å². The molecule has 2 amide bonds. The van der Waals surface area contributed by atoms with Gasteiger partial charge in [0.1, 0.15) is 11.8 Å². The van der Waals surface area contributed by atoms with Crippen LogP contribution in [0.5, 0.6) is 5.75 Å². The molecule has 5 nitrogen and oxygen atoms in total. The van der Waals surface area contributed by atoms with E-state index in [1.807, 2.05) is 62.4 Å². The molecule has 0 aromatic heterocycles. The van der Waals surface area contributed by atoms with Gasteiger partial charge in [0.2, 0.25) is 5.91 Å². The molecule has 2 aromatic carbocycles. The summed E-state index contributed by atoms with van der Waals surface area (Å²) in [4.78, 5) is 27.6. The summed E-state index contributed by atoms with van der Waals surface area (Å²) in [6.07, 6.45) is 4.33. The number of nitrogens with zero attached hydrogens (tertiary/aromatic N) is 1. The number of ether oxygens (including phenoxy) is 1. The van der Waals surface area contributed by atoms with Crippen LogP contribution >= 0.6 is 0 Å².